The minimum absolute atomic E-state index is 0.331. The van der Waals surface area contributed by atoms with E-state index < -0.39 is 23.5 Å². The van der Waals surface area contributed by atoms with Gasteiger partial charge in [-0.25, -0.2) is 9.18 Å². The van der Waals surface area contributed by atoms with Gasteiger partial charge in [-0.15, -0.1) is 0 Å². The topological polar surface area (TPSA) is 59.0 Å². The first-order valence-electron chi connectivity index (χ1n) is 14.3. The normalized spacial score (nSPS) is 16.0. The standard InChI is InChI=1S/C34H40FNO4/c1-20-26-13-10-18-39-31(26)28(35)19-27(20)29-21(2)24-14-16-36(23-11-8-7-9-12-23)17-15-25(24)22(3)30(29)32(33(37)38)40-34(4,5)6/h7-9,11-12,19,32H,10,13-18H2,1-6H3,(H,37,38). The maximum atomic E-state index is 15.6. The van der Waals surface area contributed by atoms with Gasteiger partial charge in [-0.3, -0.25) is 0 Å². The number of halogens is 1. The third-order valence-electron chi connectivity index (χ3n) is 8.37. The number of benzene rings is 3. The van der Waals surface area contributed by atoms with E-state index in [2.05, 4.69) is 36.1 Å². The molecule has 0 amide bonds. The van der Waals surface area contributed by atoms with Crippen molar-refractivity contribution in [1.29, 1.82) is 0 Å². The Morgan fingerprint density at radius 2 is 1.62 bits per heavy atom. The first-order chi connectivity index (χ1) is 19.0. The molecule has 2 heterocycles. The third-order valence-corrected chi connectivity index (χ3v) is 8.37. The maximum Gasteiger partial charge on any atom is 0.337 e. The van der Waals surface area contributed by atoms with Crippen molar-refractivity contribution in [2.45, 2.75) is 78.9 Å². The van der Waals surface area contributed by atoms with E-state index in [9.17, 15) is 9.90 Å². The lowest BCUT2D eigenvalue weighted by Crippen LogP contribution is -2.29. The van der Waals surface area contributed by atoms with Gasteiger partial charge in [-0.05, 0) is 124 Å². The summed E-state index contributed by atoms with van der Waals surface area (Å²) < 4.78 is 27.5. The number of hydrogen-bond donors (Lipinski definition) is 1. The van der Waals surface area contributed by atoms with Gasteiger partial charge in [-0.1, -0.05) is 18.2 Å². The molecule has 0 radical (unpaired) electrons. The molecule has 0 saturated heterocycles. The predicted octanol–water partition coefficient (Wildman–Crippen LogP) is 7.29. The highest BCUT2D eigenvalue weighted by atomic mass is 19.1. The van der Waals surface area contributed by atoms with Crippen LogP contribution in [-0.4, -0.2) is 36.4 Å². The molecular weight excluding hydrogens is 505 g/mol. The molecule has 212 valence electrons. The number of nitrogens with zero attached hydrogens (tertiary/aromatic N) is 1. The van der Waals surface area contributed by atoms with Gasteiger partial charge in [0.2, 0.25) is 0 Å². The van der Waals surface area contributed by atoms with Gasteiger partial charge >= 0.3 is 5.97 Å². The lowest BCUT2D eigenvalue weighted by Gasteiger charge is -2.31. The van der Waals surface area contributed by atoms with Crippen LogP contribution in [0, 0.1) is 26.6 Å². The molecule has 3 aromatic carbocycles. The Kier molecular flexibility index (Phi) is 7.66. The highest BCUT2D eigenvalue weighted by molar-refractivity contribution is 5.85. The monoisotopic (exact) mass is 545 g/mol. The summed E-state index contributed by atoms with van der Waals surface area (Å²) in [5, 5.41) is 10.5. The van der Waals surface area contributed by atoms with E-state index >= 15 is 4.39 Å². The number of para-hydroxylation sites is 1. The Hall–Kier alpha value is -3.38. The van der Waals surface area contributed by atoms with Crippen LogP contribution in [0.25, 0.3) is 11.1 Å². The van der Waals surface area contributed by atoms with Crippen LogP contribution in [0.3, 0.4) is 0 Å². The molecule has 0 aromatic heterocycles. The van der Waals surface area contributed by atoms with Gasteiger partial charge in [0.1, 0.15) is 0 Å². The van der Waals surface area contributed by atoms with Crippen LogP contribution < -0.4 is 9.64 Å². The Bertz CT molecular complexity index is 1440. The molecule has 0 aliphatic carbocycles. The van der Waals surface area contributed by atoms with E-state index in [0.717, 1.165) is 72.2 Å². The van der Waals surface area contributed by atoms with Gasteiger partial charge in [0.05, 0.1) is 12.2 Å². The molecule has 40 heavy (non-hydrogen) atoms. The molecule has 2 aliphatic rings. The van der Waals surface area contributed by atoms with Crippen LogP contribution in [0.2, 0.25) is 0 Å². The summed E-state index contributed by atoms with van der Waals surface area (Å²) in [4.78, 5) is 15.2. The fraction of sp³-hybridized carbons (Fsp3) is 0.441. The number of aliphatic carboxylic acids is 1. The zero-order valence-electron chi connectivity index (χ0n) is 24.5. The van der Waals surface area contributed by atoms with Crippen LogP contribution in [-0.2, 0) is 28.8 Å². The lowest BCUT2D eigenvalue weighted by atomic mass is 9.79. The van der Waals surface area contributed by atoms with E-state index in [1.165, 1.54) is 16.8 Å². The summed E-state index contributed by atoms with van der Waals surface area (Å²) in [6, 6.07) is 11.9. The molecular formula is C34H40FNO4. The van der Waals surface area contributed by atoms with Crippen LogP contribution in [0.4, 0.5) is 10.1 Å². The fourth-order valence-corrected chi connectivity index (χ4v) is 6.51. The Balaban J connectivity index is 1.75. The van der Waals surface area contributed by atoms with E-state index in [4.69, 9.17) is 9.47 Å². The Morgan fingerprint density at radius 1 is 0.975 bits per heavy atom. The van der Waals surface area contributed by atoms with Crippen LogP contribution in [0.5, 0.6) is 5.75 Å². The van der Waals surface area contributed by atoms with Crippen molar-refractivity contribution < 1.29 is 23.8 Å². The molecule has 5 nitrogen and oxygen atoms in total. The lowest BCUT2D eigenvalue weighted by molar-refractivity contribution is -0.160. The third kappa shape index (κ3) is 5.22. The van der Waals surface area contributed by atoms with Crippen molar-refractivity contribution in [3.8, 4) is 16.9 Å². The summed E-state index contributed by atoms with van der Waals surface area (Å²) in [6.45, 7) is 13.9. The highest BCUT2D eigenvalue weighted by Gasteiger charge is 2.35. The van der Waals surface area contributed by atoms with Gasteiger partial charge in [-0.2, -0.15) is 0 Å². The average molecular weight is 546 g/mol. The second-order valence-corrected chi connectivity index (χ2v) is 12.1. The smallest absolute Gasteiger partial charge is 0.337 e. The van der Waals surface area contributed by atoms with E-state index in [-0.39, 0.29) is 0 Å². The molecule has 6 heteroatoms. The Labute approximate surface area is 236 Å². The van der Waals surface area contributed by atoms with Gasteiger partial charge in [0.15, 0.2) is 17.7 Å². The first-order valence-corrected chi connectivity index (χ1v) is 14.3. The van der Waals surface area contributed by atoms with E-state index in [0.29, 0.717) is 17.9 Å². The number of carboxylic acid groups (broad SMARTS) is 1. The molecule has 0 fully saturated rings. The fourth-order valence-electron chi connectivity index (χ4n) is 6.51. The number of carbonyl (C=O) groups is 1. The van der Waals surface area contributed by atoms with E-state index in [1.54, 1.807) is 6.07 Å². The summed E-state index contributed by atoms with van der Waals surface area (Å²) in [5.41, 5.74) is 8.78. The molecule has 1 unspecified atom stereocenters. The summed E-state index contributed by atoms with van der Waals surface area (Å²) in [7, 11) is 0. The van der Waals surface area contributed by atoms with Crippen molar-refractivity contribution in [2.75, 3.05) is 24.6 Å². The summed E-state index contributed by atoms with van der Waals surface area (Å²) in [6.07, 6.45) is 1.97. The second-order valence-electron chi connectivity index (χ2n) is 12.1. The highest BCUT2D eigenvalue weighted by Crippen LogP contribution is 2.46. The van der Waals surface area contributed by atoms with Crippen molar-refractivity contribution in [1.82, 2.24) is 0 Å². The van der Waals surface area contributed by atoms with Crippen molar-refractivity contribution in [3.63, 3.8) is 0 Å². The van der Waals surface area contributed by atoms with Gasteiger partial charge in [0.25, 0.3) is 0 Å². The van der Waals surface area contributed by atoms with Crippen molar-refractivity contribution in [2.24, 2.45) is 0 Å². The number of carboxylic acids is 1. The molecule has 0 spiro atoms. The molecule has 5 rings (SSSR count). The minimum atomic E-state index is -1.19. The average Bonchev–Trinajstić information content (AvgIpc) is 3.15. The maximum absolute atomic E-state index is 15.6. The molecule has 3 aromatic rings. The molecule has 1 atom stereocenters. The number of ether oxygens (including phenoxy) is 2. The van der Waals surface area contributed by atoms with Crippen LogP contribution >= 0.6 is 0 Å². The van der Waals surface area contributed by atoms with Crippen molar-refractivity contribution >= 4 is 11.7 Å². The summed E-state index contributed by atoms with van der Waals surface area (Å²) in [5.74, 6) is -1.11. The zero-order chi connectivity index (χ0) is 28.8. The predicted molar refractivity (Wildman–Crippen MR) is 157 cm³/mol. The minimum Gasteiger partial charge on any atom is -0.490 e. The van der Waals surface area contributed by atoms with Crippen LogP contribution in [0.15, 0.2) is 36.4 Å². The van der Waals surface area contributed by atoms with Crippen molar-refractivity contribution in [3.05, 3.63) is 81.2 Å². The van der Waals surface area contributed by atoms with Gasteiger partial charge < -0.3 is 19.5 Å². The molecule has 2 aliphatic heterocycles. The number of anilines is 1. The molecule has 0 saturated carbocycles. The largest absolute Gasteiger partial charge is 0.490 e. The van der Waals surface area contributed by atoms with Gasteiger partial charge in [0, 0.05) is 29.9 Å². The quantitative estimate of drug-likeness (QED) is 0.365. The first kappa shape index (κ1) is 28.2. The van der Waals surface area contributed by atoms with E-state index in [1.807, 2.05) is 40.7 Å². The number of fused-ring (bicyclic) bond motifs is 2. The zero-order valence-corrected chi connectivity index (χ0v) is 24.5. The molecule has 0 bridgehead atoms. The Morgan fingerprint density at radius 3 is 2.25 bits per heavy atom. The van der Waals surface area contributed by atoms with Crippen LogP contribution in [0.1, 0.15) is 72.2 Å². The molecule has 1 N–H and O–H groups in total. The number of rotatable bonds is 5. The second kappa shape index (κ2) is 10.9. The number of hydrogen-bond acceptors (Lipinski definition) is 4. The SMILES string of the molecule is Cc1c(-c2c(C)c3c(c(C)c2C(OC(C)(C)C)C(=O)O)CCN(c2ccccc2)CC3)cc(F)c2c1CCCO2. The summed E-state index contributed by atoms with van der Waals surface area (Å²) >= 11 is 0.